The van der Waals surface area contributed by atoms with E-state index in [0.29, 0.717) is 24.9 Å². The van der Waals surface area contributed by atoms with Crippen LogP contribution in [-0.4, -0.2) is 97.9 Å². The molecular formula is C35H44N9O7+. The molecule has 1 aromatic carbocycles. The first-order valence-corrected chi connectivity index (χ1v) is 17.0. The van der Waals surface area contributed by atoms with Gasteiger partial charge in [0.1, 0.15) is 30.4 Å². The zero-order valence-electron chi connectivity index (χ0n) is 28.8. The molecule has 1 aliphatic rings. The molecule has 1 aliphatic heterocycles. The summed E-state index contributed by atoms with van der Waals surface area (Å²) in [5.74, 6) is -5.28. The number of fused-ring (bicyclic) bond motifs is 2. The number of aromatic amines is 1. The zero-order valence-corrected chi connectivity index (χ0v) is 28.8. The van der Waals surface area contributed by atoms with Crippen LogP contribution in [-0.2, 0) is 41.7 Å². The number of amides is 5. The van der Waals surface area contributed by atoms with Crippen molar-refractivity contribution in [2.45, 2.75) is 76.7 Å². The number of rotatable bonds is 10. The van der Waals surface area contributed by atoms with E-state index in [1.165, 1.54) is 11.9 Å². The third-order valence-corrected chi connectivity index (χ3v) is 9.05. The number of unbranched alkanes of at least 4 members (excludes halogenated alkanes) is 1. The van der Waals surface area contributed by atoms with Gasteiger partial charge in [0.2, 0.25) is 29.5 Å². The highest BCUT2D eigenvalue weighted by atomic mass is 16.4. The SMILES string of the molecule is CC(C)C1C(=O)NC(CCCC[n+]2ccn3ncccc32)C(=O)NCC(=O)NC(CC(=O)O)C(=O)NC(Cc2c[nH]c3ccccc23)C(=O)N1C. The Bertz CT molecular complexity index is 1920. The highest BCUT2D eigenvalue weighted by molar-refractivity contribution is 5.98. The molecule has 0 aliphatic carbocycles. The average Bonchev–Trinajstić information content (AvgIpc) is 3.70. The minimum Gasteiger partial charge on any atom is -0.481 e. The molecule has 4 atom stereocenters. The summed E-state index contributed by atoms with van der Waals surface area (Å²) in [6.45, 7) is 3.59. The molecule has 51 heavy (non-hydrogen) atoms. The molecule has 4 unspecified atom stereocenters. The van der Waals surface area contributed by atoms with Crippen molar-refractivity contribution in [3.05, 3.63) is 66.7 Å². The van der Waals surface area contributed by atoms with Crippen molar-refractivity contribution in [2.24, 2.45) is 5.92 Å². The van der Waals surface area contributed by atoms with Gasteiger partial charge in [0.05, 0.1) is 25.7 Å². The van der Waals surface area contributed by atoms with E-state index < -0.39 is 78.6 Å². The molecule has 5 amide bonds. The maximum atomic E-state index is 14.2. The number of aromatic nitrogens is 4. The number of carboxylic acid groups (broad SMARTS) is 1. The molecule has 3 aromatic heterocycles. The van der Waals surface area contributed by atoms with Gasteiger partial charge in [-0.25, -0.2) is 4.57 Å². The van der Waals surface area contributed by atoms with E-state index in [4.69, 9.17) is 0 Å². The van der Waals surface area contributed by atoms with E-state index in [1.54, 1.807) is 30.8 Å². The average molecular weight is 703 g/mol. The van der Waals surface area contributed by atoms with Crippen molar-refractivity contribution in [1.82, 2.24) is 40.8 Å². The number of likely N-dealkylation sites (N-methyl/N-ethyl adjacent to an activating group) is 1. The van der Waals surface area contributed by atoms with Gasteiger partial charge in [-0.2, -0.15) is 0 Å². The van der Waals surface area contributed by atoms with E-state index in [0.717, 1.165) is 16.6 Å². The van der Waals surface area contributed by atoms with E-state index >= 15 is 0 Å². The van der Waals surface area contributed by atoms with Crippen molar-refractivity contribution in [2.75, 3.05) is 13.6 Å². The Balaban J connectivity index is 1.40. The van der Waals surface area contributed by atoms with Gasteiger partial charge >= 0.3 is 11.6 Å². The third-order valence-electron chi connectivity index (χ3n) is 9.05. The van der Waals surface area contributed by atoms with E-state index in [-0.39, 0.29) is 12.8 Å². The predicted octanol–water partition coefficient (Wildman–Crippen LogP) is 0.0580. The molecule has 16 nitrogen and oxygen atoms in total. The Morgan fingerprint density at radius 2 is 1.73 bits per heavy atom. The molecule has 4 heterocycles. The number of aryl methyl sites for hydroxylation is 1. The number of benzene rings is 1. The maximum Gasteiger partial charge on any atom is 0.307 e. The van der Waals surface area contributed by atoms with Crippen LogP contribution in [0.2, 0.25) is 0 Å². The number of carboxylic acids is 1. The summed E-state index contributed by atoms with van der Waals surface area (Å²) in [4.78, 5) is 84.2. The molecule has 1 fully saturated rings. The van der Waals surface area contributed by atoms with Crippen LogP contribution in [0.25, 0.3) is 16.6 Å². The Morgan fingerprint density at radius 3 is 2.49 bits per heavy atom. The first-order chi connectivity index (χ1) is 24.4. The molecule has 16 heteroatoms. The standard InChI is InChI=1S/C35H43N9O7/c1-21(2)31-34(50)40-25(11-6-7-14-43-15-16-44-29(43)12-8-13-38-44)32(48)37-20-28(45)39-26(18-30(46)47)33(49)41-27(35(51)42(31)3)17-22-19-36-24-10-5-4-9-23(22)24/h4-5,8-10,12-13,15-16,19,21,25-27,31,36H,6-7,11,14,17-18,20H2,1-3H3,(H4-,37,39,40,41,45,46,47,48,49,50)/p+1. The highest BCUT2D eigenvalue weighted by Gasteiger charge is 2.37. The topological polar surface area (TPSA) is 211 Å². The number of nitrogens with one attached hydrogen (secondary N) is 5. The first-order valence-electron chi connectivity index (χ1n) is 17.0. The van der Waals surface area contributed by atoms with Gasteiger partial charge in [0.25, 0.3) is 0 Å². The Hall–Kier alpha value is -5.80. The van der Waals surface area contributed by atoms with Crippen molar-refractivity contribution in [1.29, 1.82) is 0 Å². The van der Waals surface area contributed by atoms with Gasteiger partial charge in [-0.05, 0) is 42.9 Å². The van der Waals surface area contributed by atoms with Gasteiger partial charge in [-0.15, -0.1) is 4.52 Å². The highest BCUT2D eigenvalue weighted by Crippen LogP contribution is 2.21. The lowest BCUT2D eigenvalue weighted by Crippen LogP contribution is -2.59. The summed E-state index contributed by atoms with van der Waals surface area (Å²) in [5, 5.41) is 25.0. The number of para-hydroxylation sites is 1. The molecule has 6 N–H and O–H groups in total. The first kappa shape index (κ1) is 36.5. The molecule has 5 rings (SSSR count). The van der Waals surface area contributed by atoms with Crippen molar-refractivity contribution >= 4 is 52.1 Å². The van der Waals surface area contributed by atoms with E-state index in [1.807, 2.05) is 53.4 Å². The number of aliphatic carboxylic acids is 1. The molecule has 0 spiro atoms. The van der Waals surface area contributed by atoms with Crippen molar-refractivity contribution in [3.63, 3.8) is 0 Å². The number of nitrogens with zero attached hydrogens (tertiary/aromatic N) is 4. The largest absolute Gasteiger partial charge is 0.481 e. The van der Waals surface area contributed by atoms with Crippen LogP contribution in [0.4, 0.5) is 0 Å². The lowest BCUT2D eigenvalue weighted by Gasteiger charge is -2.34. The zero-order chi connectivity index (χ0) is 36.7. The van der Waals surface area contributed by atoms with E-state index in [2.05, 4.69) is 31.3 Å². The van der Waals surface area contributed by atoms with Gasteiger partial charge in [0.15, 0.2) is 6.20 Å². The number of carbonyl (C=O) groups is 6. The van der Waals surface area contributed by atoms with E-state index in [9.17, 15) is 33.9 Å². The maximum absolute atomic E-state index is 14.2. The lowest BCUT2D eigenvalue weighted by molar-refractivity contribution is -0.671. The minimum atomic E-state index is -1.55. The van der Waals surface area contributed by atoms with Crippen LogP contribution >= 0.6 is 0 Å². The van der Waals surface area contributed by atoms with Crippen LogP contribution in [0.5, 0.6) is 0 Å². The quantitative estimate of drug-likeness (QED) is 0.0981. The second kappa shape index (κ2) is 16.3. The molecule has 0 saturated carbocycles. The molecule has 270 valence electrons. The van der Waals surface area contributed by atoms with Gasteiger partial charge < -0.3 is 36.3 Å². The number of hydrogen-bond acceptors (Lipinski definition) is 7. The summed E-state index contributed by atoms with van der Waals surface area (Å²) in [5.41, 5.74) is 2.42. The van der Waals surface area contributed by atoms with Crippen molar-refractivity contribution in [3.8, 4) is 0 Å². The molecule has 4 aromatic rings. The second-order valence-electron chi connectivity index (χ2n) is 13.1. The number of carbonyl (C=O) groups excluding carboxylic acids is 5. The predicted molar refractivity (Wildman–Crippen MR) is 184 cm³/mol. The number of H-pyrrole nitrogens is 1. The van der Waals surface area contributed by atoms with Gasteiger partial charge in [-0.3, -0.25) is 28.8 Å². The smallest absolute Gasteiger partial charge is 0.307 e. The van der Waals surface area contributed by atoms with Crippen LogP contribution < -0.4 is 25.8 Å². The summed E-state index contributed by atoms with van der Waals surface area (Å²) in [6.07, 6.45) is 7.82. The fourth-order valence-electron chi connectivity index (χ4n) is 6.50. The Labute approximate surface area is 293 Å². The van der Waals surface area contributed by atoms with Gasteiger partial charge in [0, 0.05) is 36.6 Å². The monoisotopic (exact) mass is 702 g/mol. The number of hydrogen-bond donors (Lipinski definition) is 6. The van der Waals surface area contributed by atoms with Gasteiger partial charge in [-0.1, -0.05) is 37.1 Å². The second-order valence-corrected chi connectivity index (χ2v) is 13.1. The van der Waals surface area contributed by atoms with Crippen LogP contribution in [0.15, 0.2) is 61.2 Å². The van der Waals surface area contributed by atoms with Crippen LogP contribution in [0, 0.1) is 5.92 Å². The summed E-state index contributed by atoms with van der Waals surface area (Å²) in [6, 6.07) is 6.33. The number of imidazole rings is 1. The minimum absolute atomic E-state index is 0.00696. The Kier molecular flexibility index (Phi) is 11.6. The normalized spacial score (nSPS) is 21.2. The molecular weight excluding hydrogens is 658 g/mol. The fraction of sp³-hybridized carbons (Fsp3) is 0.429. The summed E-state index contributed by atoms with van der Waals surface area (Å²) < 4.78 is 3.77. The molecule has 1 saturated heterocycles. The molecule has 0 bridgehead atoms. The van der Waals surface area contributed by atoms with Crippen LogP contribution in [0.1, 0.15) is 45.1 Å². The molecule has 0 radical (unpaired) electrons. The third kappa shape index (κ3) is 8.87. The fourth-order valence-corrected chi connectivity index (χ4v) is 6.50. The summed E-state index contributed by atoms with van der Waals surface area (Å²) in [7, 11) is 1.46. The van der Waals surface area contributed by atoms with Crippen LogP contribution in [0.3, 0.4) is 0 Å². The summed E-state index contributed by atoms with van der Waals surface area (Å²) >= 11 is 0. The Morgan fingerprint density at radius 1 is 0.961 bits per heavy atom. The van der Waals surface area contributed by atoms with Crippen molar-refractivity contribution < 1.29 is 38.4 Å². The lowest BCUT2D eigenvalue weighted by atomic mass is 9.98.